The van der Waals surface area contributed by atoms with Crippen molar-refractivity contribution in [3.8, 4) is 0 Å². The minimum absolute atomic E-state index is 0.0604. The molecule has 5 atom stereocenters. The number of hydrogen-bond donors (Lipinski definition) is 3. The van der Waals surface area contributed by atoms with Gasteiger partial charge in [-0.05, 0) is 31.2 Å². The summed E-state index contributed by atoms with van der Waals surface area (Å²) in [5.41, 5.74) is 7.71. The fraction of sp³-hybridized carbons (Fsp3) is 0.500. The Kier molecular flexibility index (Phi) is 8.63. The van der Waals surface area contributed by atoms with E-state index >= 15 is 4.39 Å². The number of alkyl halides is 1. The molecule has 1 aliphatic heterocycles. The highest BCUT2D eigenvalue weighted by Gasteiger charge is 2.48. The number of nitrogens with zero attached hydrogens (tertiary/aromatic N) is 4. The molecule has 4 rings (SSSR count). The molecular weight excluding hydrogens is 532 g/mol. The van der Waals surface area contributed by atoms with Crippen molar-refractivity contribution in [3.63, 3.8) is 0 Å². The number of halogens is 1. The van der Waals surface area contributed by atoms with Crippen molar-refractivity contribution in [1.82, 2.24) is 24.6 Å². The SMILES string of the molecule is CCOC(=O)[C@H](C)NP(=S)(Cc1ccccc1)OC[C@]1(F)C[C@H](C)[C@H](n2cnc3c(NC)nc(N)nc32)O1. The van der Waals surface area contributed by atoms with Crippen molar-refractivity contribution < 1.29 is 23.2 Å². The summed E-state index contributed by atoms with van der Waals surface area (Å²) in [4.78, 5) is 25.1. The molecule has 14 heteroatoms. The van der Waals surface area contributed by atoms with Crippen molar-refractivity contribution in [2.75, 3.05) is 31.3 Å². The summed E-state index contributed by atoms with van der Waals surface area (Å²) in [7, 11) is 1.70. The maximum atomic E-state index is 16.1. The van der Waals surface area contributed by atoms with Gasteiger partial charge in [0.05, 0.1) is 12.9 Å². The third kappa shape index (κ3) is 6.29. The largest absolute Gasteiger partial charge is 0.465 e. The van der Waals surface area contributed by atoms with Crippen molar-refractivity contribution in [3.05, 3.63) is 42.2 Å². The van der Waals surface area contributed by atoms with Gasteiger partial charge in [0.15, 0.2) is 17.0 Å². The maximum absolute atomic E-state index is 16.1. The summed E-state index contributed by atoms with van der Waals surface area (Å²) in [5.74, 6) is -2.29. The Hall–Kier alpha value is -2.70. The molecule has 1 aliphatic rings. The first kappa shape index (κ1) is 28.3. The van der Waals surface area contributed by atoms with E-state index in [1.807, 2.05) is 37.3 Å². The molecule has 38 heavy (non-hydrogen) atoms. The molecule has 3 heterocycles. The summed E-state index contributed by atoms with van der Waals surface area (Å²) in [6, 6.07) is 8.77. The number of nitrogens with two attached hydrogens (primary N) is 1. The number of imidazole rings is 1. The van der Waals surface area contributed by atoms with Gasteiger partial charge >= 0.3 is 5.97 Å². The van der Waals surface area contributed by atoms with Crippen molar-refractivity contribution in [1.29, 1.82) is 0 Å². The van der Waals surface area contributed by atoms with Crippen LogP contribution in [-0.2, 0) is 36.8 Å². The van der Waals surface area contributed by atoms with Crippen LogP contribution in [0.3, 0.4) is 0 Å². The number of fused-ring (bicyclic) bond motifs is 1. The summed E-state index contributed by atoms with van der Waals surface area (Å²) < 4.78 is 34.9. The summed E-state index contributed by atoms with van der Waals surface area (Å²) in [6.07, 6.45) is -1.72. The van der Waals surface area contributed by atoms with Gasteiger partial charge in [-0.1, -0.05) is 37.3 Å². The van der Waals surface area contributed by atoms with E-state index in [0.29, 0.717) is 23.1 Å². The number of benzene rings is 1. The Balaban J connectivity index is 1.53. The Morgan fingerprint density at radius 3 is 2.82 bits per heavy atom. The molecule has 2 aromatic heterocycles. The smallest absolute Gasteiger partial charge is 0.323 e. The first-order valence-electron chi connectivity index (χ1n) is 12.3. The van der Waals surface area contributed by atoms with Crippen LogP contribution in [0.25, 0.3) is 11.2 Å². The van der Waals surface area contributed by atoms with E-state index < -0.39 is 37.1 Å². The third-order valence-corrected chi connectivity index (χ3v) is 9.28. The molecule has 0 bridgehead atoms. The predicted octanol–water partition coefficient (Wildman–Crippen LogP) is 3.74. The van der Waals surface area contributed by atoms with Gasteiger partial charge in [-0.2, -0.15) is 9.97 Å². The number of carbonyl (C=O) groups is 1. The molecular formula is C24H33FN7O4PS. The first-order chi connectivity index (χ1) is 18.1. The lowest BCUT2D eigenvalue weighted by atomic mass is 10.1. The normalized spacial score (nSPS) is 23.7. The minimum Gasteiger partial charge on any atom is -0.465 e. The number of hydrogen-bond acceptors (Lipinski definition) is 10. The fourth-order valence-electron chi connectivity index (χ4n) is 4.45. The van der Waals surface area contributed by atoms with Crippen LogP contribution in [0.1, 0.15) is 39.0 Å². The van der Waals surface area contributed by atoms with Gasteiger partial charge in [0.1, 0.15) is 25.3 Å². The van der Waals surface area contributed by atoms with Crippen molar-refractivity contribution >= 4 is 47.1 Å². The fourth-order valence-corrected chi connectivity index (χ4v) is 7.57. The number of nitrogen functional groups attached to an aromatic ring is 1. The molecule has 0 amide bonds. The number of anilines is 2. The topological polar surface area (TPSA) is 138 Å². The summed E-state index contributed by atoms with van der Waals surface area (Å²) in [6.45, 7) is 5.09. The average Bonchev–Trinajstić information content (AvgIpc) is 3.43. The van der Waals surface area contributed by atoms with Crippen molar-refractivity contribution in [2.24, 2.45) is 5.92 Å². The monoisotopic (exact) mass is 565 g/mol. The maximum Gasteiger partial charge on any atom is 0.323 e. The molecule has 0 spiro atoms. The zero-order chi connectivity index (χ0) is 27.5. The molecule has 206 valence electrons. The Morgan fingerprint density at radius 2 is 2.13 bits per heavy atom. The van der Waals surface area contributed by atoms with Crippen LogP contribution in [0, 0.1) is 5.92 Å². The lowest BCUT2D eigenvalue weighted by molar-refractivity contribution is -0.172. The second-order valence-electron chi connectivity index (χ2n) is 9.27. The summed E-state index contributed by atoms with van der Waals surface area (Å²) >= 11 is 5.89. The molecule has 1 aromatic carbocycles. The first-order valence-corrected chi connectivity index (χ1v) is 15.2. The van der Waals surface area contributed by atoms with Crippen LogP contribution >= 0.6 is 6.42 Å². The van der Waals surface area contributed by atoms with Crippen LogP contribution in [0.2, 0.25) is 0 Å². The Morgan fingerprint density at radius 1 is 1.39 bits per heavy atom. The Bertz CT molecular complexity index is 1330. The number of rotatable bonds is 11. The van der Waals surface area contributed by atoms with E-state index in [1.165, 1.54) is 6.33 Å². The number of aromatic nitrogens is 4. The zero-order valence-corrected chi connectivity index (χ0v) is 23.5. The standard InChI is InChI=1S/C24H33FN7O4PS/c1-5-34-22(33)16(3)31-37(38,12-17-9-7-6-8-10-17)35-13-24(25)11-15(2)21(36-24)32-14-28-18-19(27-4)29-23(26)30-20(18)32/h6-10,14-16,21H,5,11-13H2,1-4H3,(H,31,38)(H3,26,27,29,30)/t15-,16-,21+,24-,37?/m0/s1. The van der Waals surface area contributed by atoms with Gasteiger partial charge in [-0.15, -0.1) is 0 Å². The molecule has 3 aromatic rings. The van der Waals surface area contributed by atoms with Crippen molar-refractivity contribution in [2.45, 2.75) is 51.5 Å². The van der Waals surface area contributed by atoms with E-state index in [4.69, 9.17) is 31.5 Å². The number of nitrogens with one attached hydrogen (secondary N) is 2. The highest BCUT2D eigenvalue weighted by atomic mass is 32.4. The van der Waals surface area contributed by atoms with E-state index in [9.17, 15) is 4.79 Å². The molecule has 11 nitrogen and oxygen atoms in total. The van der Waals surface area contributed by atoms with E-state index in [2.05, 4.69) is 25.4 Å². The van der Waals surface area contributed by atoms with Crippen LogP contribution in [0.15, 0.2) is 36.7 Å². The number of esters is 1. The van der Waals surface area contributed by atoms with E-state index in [0.717, 1.165) is 5.56 Å². The third-order valence-electron chi connectivity index (χ3n) is 6.15. The zero-order valence-electron chi connectivity index (χ0n) is 21.8. The lowest BCUT2D eigenvalue weighted by Gasteiger charge is -2.29. The van der Waals surface area contributed by atoms with Gasteiger partial charge in [-0.25, -0.2) is 9.37 Å². The van der Waals surface area contributed by atoms with E-state index in [-0.39, 0.29) is 24.9 Å². The van der Waals surface area contributed by atoms with Gasteiger partial charge in [0.2, 0.25) is 11.8 Å². The molecule has 0 radical (unpaired) electrons. The van der Waals surface area contributed by atoms with Crippen LogP contribution < -0.4 is 16.1 Å². The minimum atomic E-state index is -2.93. The molecule has 1 saturated heterocycles. The second kappa shape index (κ2) is 11.6. The van der Waals surface area contributed by atoms with Crippen LogP contribution in [0.4, 0.5) is 16.2 Å². The highest BCUT2D eigenvalue weighted by molar-refractivity contribution is 8.10. The van der Waals surface area contributed by atoms with Crippen LogP contribution in [0.5, 0.6) is 0 Å². The summed E-state index contributed by atoms with van der Waals surface area (Å²) in [5, 5.41) is 6.06. The van der Waals surface area contributed by atoms with Gasteiger partial charge in [-0.3, -0.25) is 14.4 Å². The molecule has 1 fully saturated rings. The molecule has 1 unspecified atom stereocenters. The molecule has 0 saturated carbocycles. The van der Waals surface area contributed by atoms with Crippen LogP contribution in [-0.4, -0.2) is 57.6 Å². The highest BCUT2D eigenvalue weighted by Crippen LogP contribution is 2.51. The van der Waals surface area contributed by atoms with E-state index in [1.54, 1.807) is 25.5 Å². The number of carbonyl (C=O) groups excluding carboxylic acids is 1. The molecule has 4 N–H and O–H groups in total. The lowest BCUT2D eigenvalue weighted by Crippen LogP contribution is -2.36. The number of ether oxygens (including phenoxy) is 2. The van der Waals surface area contributed by atoms with Gasteiger partial charge < -0.3 is 25.0 Å². The quantitative estimate of drug-likeness (QED) is 0.231. The van der Waals surface area contributed by atoms with Gasteiger partial charge in [0, 0.05) is 25.5 Å². The average molecular weight is 566 g/mol. The molecule has 0 aliphatic carbocycles. The second-order valence-corrected chi connectivity index (χ2v) is 13.2. The predicted molar refractivity (Wildman–Crippen MR) is 147 cm³/mol. The van der Waals surface area contributed by atoms with Gasteiger partial charge in [0.25, 0.3) is 0 Å². The Labute approximate surface area is 225 Å².